The maximum atomic E-state index is 12.1. The van der Waals surface area contributed by atoms with Crippen LogP contribution in [-0.4, -0.2) is 42.4 Å². The average Bonchev–Trinajstić information content (AvgIpc) is 2.81. The van der Waals surface area contributed by atoms with Crippen molar-refractivity contribution in [2.45, 2.75) is 39.3 Å². The largest absolute Gasteiger partial charge is 0.340 e. The van der Waals surface area contributed by atoms with Gasteiger partial charge in [-0.3, -0.25) is 9.69 Å². The molecule has 0 saturated heterocycles. The molecule has 3 nitrogen and oxygen atoms in total. The van der Waals surface area contributed by atoms with E-state index >= 15 is 0 Å². The van der Waals surface area contributed by atoms with Crippen LogP contribution in [0.1, 0.15) is 32.3 Å². The highest BCUT2D eigenvalue weighted by Gasteiger charge is 2.15. The van der Waals surface area contributed by atoms with E-state index < -0.39 is 0 Å². The van der Waals surface area contributed by atoms with E-state index in [1.165, 1.54) is 5.56 Å². The fourth-order valence-corrected chi connectivity index (χ4v) is 2.53. The van der Waals surface area contributed by atoms with E-state index in [9.17, 15) is 4.79 Å². The first kappa shape index (κ1) is 15.2. The molecule has 0 aliphatic carbocycles. The van der Waals surface area contributed by atoms with Crippen LogP contribution in [0.2, 0.25) is 0 Å². The molecule has 0 bridgehead atoms. The van der Waals surface area contributed by atoms with Crippen molar-refractivity contribution in [1.29, 1.82) is 0 Å². The Hall–Kier alpha value is -0.870. The van der Waals surface area contributed by atoms with E-state index in [0.717, 1.165) is 12.8 Å². The van der Waals surface area contributed by atoms with Gasteiger partial charge in [0.25, 0.3) is 0 Å². The molecule has 1 aromatic rings. The molecule has 0 aliphatic rings. The predicted octanol–water partition coefficient (Wildman–Crippen LogP) is 2.83. The van der Waals surface area contributed by atoms with E-state index in [1.807, 2.05) is 19.5 Å². The smallest absolute Gasteiger partial charge is 0.236 e. The fraction of sp³-hybridized carbons (Fsp3) is 0.643. The first-order valence-corrected chi connectivity index (χ1v) is 7.44. The summed E-state index contributed by atoms with van der Waals surface area (Å²) in [6.45, 7) is 5.56. The van der Waals surface area contributed by atoms with Crippen molar-refractivity contribution >= 4 is 17.2 Å². The lowest BCUT2D eigenvalue weighted by Crippen LogP contribution is -2.40. The minimum absolute atomic E-state index is 0.187. The molecule has 0 aliphatic heterocycles. The van der Waals surface area contributed by atoms with Gasteiger partial charge in [0.15, 0.2) is 0 Å². The van der Waals surface area contributed by atoms with Gasteiger partial charge in [-0.2, -0.15) is 11.3 Å². The predicted molar refractivity (Wildman–Crippen MR) is 77.8 cm³/mol. The van der Waals surface area contributed by atoms with Gasteiger partial charge in [0.1, 0.15) is 0 Å². The summed E-state index contributed by atoms with van der Waals surface area (Å²) in [4.78, 5) is 16.0. The highest BCUT2D eigenvalue weighted by atomic mass is 32.1. The summed E-state index contributed by atoms with van der Waals surface area (Å²) in [5, 5.41) is 4.14. The maximum absolute atomic E-state index is 12.1. The molecule has 1 atom stereocenters. The minimum Gasteiger partial charge on any atom is -0.340 e. The van der Waals surface area contributed by atoms with E-state index in [4.69, 9.17) is 0 Å². The van der Waals surface area contributed by atoms with Gasteiger partial charge in [0, 0.05) is 19.6 Å². The first-order valence-electron chi connectivity index (χ1n) is 6.49. The van der Waals surface area contributed by atoms with Crippen molar-refractivity contribution in [2.75, 3.05) is 20.6 Å². The Morgan fingerprint density at radius 2 is 2.17 bits per heavy atom. The molecule has 0 radical (unpaired) electrons. The zero-order valence-corrected chi connectivity index (χ0v) is 12.7. The second-order valence-electron chi connectivity index (χ2n) is 4.93. The summed E-state index contributed by atoms with van der Waals surface area (Å²) in [5.41, 5.74) is 1.21. The molecule has 1 rings (SSSR count). The molecule has 102 valence electrons. The van der Waals surface area contributed by atoms with Gasteiger partial charge in [0.05, 0.1) is 6.54 Å². The normalized spacial score (nSPS) is 12.7. The van der Waals surface area contributed by atoms with Gasteiger partial charge in [-0.25, -0.2) is 0 Å². The SMILES string of the molecule is CCC[C@@H](C)N(C)CC(=O)N(C)Cc1ccsc1. The molecule has 0 fully saturated rings. The number of carbonyl (C=O) groups excluding carboxylic acids is 1. The molecule has 0 saturated carbocycles. The summed E-state index contributed by atoms with van der Waals surface area (Å²) >= 11 is 1.67. The van der Waals surface area contributed by atoms with E-state index in [1.54, 1.807) is 16.2 Å². The Morgan fingerprint density at radius 3 is 2.72 bits per heavy atom. The summed E-state index contributed by atoms with van der Waals surface area (Å²) in [6, 6.07) is 2.53. The van der Waals surface area contributed by atoms with E-state index in [0.29, 0.717) is 19.1 Å². The second kappa shape index (κ2) is 7.54. The number of hydrogen-bond donors (Lipinski definition) is 0. The molecule has 1 amide bonds. The molecule has 1 heterocycles. The molecule has 1 aromatic heterocycles. The molecular weight excluding hydrogens is 244 g/mol. The maximum Gasteiger partial charge on any atom is 0.236 e. The van der Waals surface area contributed by atoms with Crippen LogP contribution in [0, 0.1) is 0 Å². The van der Waals surface area contributed by atoms with Crippen LogP contribution in [0.3, 0.4) is 0 Å². The third-order valence-corrected chi connectivity index (χ3v) is 4.00. The lowest BCUT2D eigenvalue weighted by Gasteiger charge is -2.26. The third-order valence-electron chi connectivity index (χ3n) is 3.27. The van der Waals surface area contributed by atoms with Crippen LogP contribution >= 0.6 is 11.3 Å². The van der Waals surface area contributed by atoms with Crippen molar-refractivity contribution in [3.8, 4) is 0 Å². The van der Waals surface area contributed by atoms with Crippen LogP contribution in [0.5, 0.6) is 0 Å². The number of likely N-dealkylation sites (N-methyl/N-ethyl adjacent to an activating group) is 2. The topological polar surface area (TPSA) is 23.6 Å². The molecule has 0 unspecified atom stereocenters. The number of amides is 1. The standard InChI is InChI=1S/C14H24N2OS/c1-5-6-12(2)15(3)10-14(17)16(4)9-13-7-8-18-11-13/h7-8,11-12H,5-6,9-10H2,1-4H3/t12-/m1/s1. The van der Waals surface area contributed by atoms with Crippen LogP contribution < -0.4 is 0 Å². The first-order chi connectivity index (χ1) is 8.54. The van der Waals surface area contributed by atoms with Crippen LogP contribution in [0.4, 0.5) is 0 Å². The van der Waals surface area contributed by atoms with Gasteiger partial charge < -0.3 is 4.90 Å². The summed E-state index contributed by atoms with van der Waals surface area (Å²) in [6.07, 6.45) is 2.29. The second-order valence-corrected chi connectivity index (χ2v) is 5.71. The highest BCUT2D eigenvalue weighted by molar-refractivity contribution is 7.07. The Morgan fingerprint density at radius 1 is 1.44 bits per heavy atom. The third kappa shape index (κ3) is 4.78. The number of thiophene rings is 1. The van der Waals surface area contributed by atoms with Crippen molar-refractivity contribution < 1.29 is 4.79 Å². The molecular formula is C14H24N2OS. The molecule has 18 heavy (non-hydrogen) atoms. The fourth-order valence-electron chi connectivity index (χ4n) is 1.87. The lowest BCUT2D eigenvalue weighted by atomic mass is 10.2. The highest BCUT2D eigenvalue weighted by Crippen LogP contribution is 2.09. The van der Waals surface area contributed by atoms with Gasteiger partial charge in [-0.05, 0) is 42.8 Å². The van der Waals surface area contributed by atoms with Gasteiger partial charge in [-0.1, -0.05) is 13.3 Å². The van der Waals surface area contributed by atoms with E-state index in [-0.39, 0.29) is 5.91 Å². The number of nitrogens with zero attached hydrogens (tertiary/aromatic N) is 2. The van der Waals surface area contributed by atoms with Crippen LogP contribution in [-0.2, 0) is 11.3 Å². The molecule has 0 spiro atoms. The number of carbonyl (C=O) groups is 1. The average molecular weight is 268 g/mol. The van der Waals surface area contributed by atoms with Gasteiger partial charge >= 0.3 is 0 Å². The van der Waals surface area contributed by atoms with Crippen molar-refractivity contribution in [2.24, 2.45) is 0 Å². The zero-order chi connectivity index (χ0) is 13.5. The Balaban J connectivity index is 2.39. The van der Waals surface area contributed by atoms with Gasteiger partial charge in [-0.15, -0.1) is 0 Å². The Kier molecular flexibility index (Phi) is 6.36. The van der Waals surface area contributed by atoms with Crippen molar-refractivity contribution in [3.63, 3.8) is 0 Å². The van der Waals surface area contributed by atoms with Crippen LogP contribution in [0.25, 0.3) is 0 Å². The van der Waals surface area contributed by atoms with Crippen molar-refractivity contribution in [1.82, 2.24) is 9.80 Å². The monoisotopic (exact) mass is 268 g/mol. The molecule has 0 aromatic carbocycles. The van der Waals surface area contributed by atoms with Gasteiger partial charge in [0.2, 0.25) is 5.91 Å². The molecule has 0 N–H and O–H groups in total. The molecule has 4 heteroatoms. The minimum atomic E-state index is 0.187. The Labute approximate surface area is 114 Å². The Bertz CT molecular complexity index is 351. The summed E-state index contributed by atoms with van der Waals surface area (Å²) < 4.78 is 0. The lowest BCUT2D eigenvalue weighted by molar-refractivity contribution is -0.131. The summed E-state index contributed by atoms with van der Waals surface area (Å²) in [7, 11) is 3.90. The van der Waals surface area contributed by atoms with Crippen LogP contribution in [0.15, 0.2) is 16.8 Å². The number of hydrogen-bond acceptors (Lipinski definition) is 3. The quantitative estimate of drug-likeness (QED) is 0.759. The zero-order valence-electron chi connectivity index (χ0n) is 11.8. The number of rotatable bonds is 7. The van der Waals surface area contributed by atoms with Crippen molar-refractivity contribution in [3.05, 3.63) is 22.4 Å². The van der Waals surface area contributed by atoms with E-state index in [2.05, 4.69) is 30.2 Å². The summed E-state index contributed by atoms with van der Waals surface area (Å²) in [5.74, 6) is 0.187.